The molecule has 0 saturated heterocycles. The molecule has 4 heteroatoms. The third-order valence-electron chi connectivity index (χ3n) is 3.21. The molecular formula is C14H13N3O. The van der Waals surface area contributed by atoms with Gasteiger partial charge in [-0.3, -0.25) is 0 Å². The molecular weight excluding hydrogens is 226 g/mol. The highest BCUT2D eigenvalue weighted by molar-refractivity contribution is 5.43. The molecule has 0 atom stereocenters. The van der Waals surface area contributed by atoms with Crippen LogP contribution in [-0.2, 0) is 17.8 Å². The lowest BCUT2D eigenvalue weighted by molar-refractivity contribution is 0.106. The fourth-order valence-corrected chi connectivity index (χ4v) is 2.23. The Bertz CT molecular complexity index is 620. The first kappa shape index (κ1) is 11.0. The number of benzene rings is 1. The van der Waals surface area contributed by atoms with E-state index in [0.29, 0.717) is 18.9 Å². The molecule has 4 nitrogen and oxygen atoms in total. The molecule has 0 radical (unpaired) electrons. The van der Waals surface area contributed by atoms with Crippen molar-refractivity contribution in [1.29, 1.82) is 5.26 Å². The Morgan fingerprint density at radius 1 is 1.33 bits per heavy atom. The van der Waals surface area contributed by atoms with Gasteiger partial charge in [0.2, 0.25) is 0 Å². The number of nitrogens with zero attached hydrogens (tertiary/aromatic N) is 3. The minimum Gasteiger partial charge on any atom is -0.375 e. The zero-order valence-corrected chi connectivity index (χ0v) is 10.2. The summed E-state index contributed by atoms with van der Waals surface area (Å²) in [5.74, 6) is 0. The van der Waals surface area contributed by atoms with Gasteiger partial charge in [-0.2, -0.15) is 10.4 Å². The van der Waals surface area contributed by atoms with Gasteiger partial charge in [0.05, 0.1) is 24.6 Å². The summed E-state index contributed by atoms with van der Waals surface area (Å²) in [4.78, 5) is 0. The summed E-state index contributed by atoms with van der Waals surface area (Å²) in [6, 6.07) is 10.3. The molecule has 0 spiro atoms. The lowest BCUT2D eigenvalue weighted by atomic mass is 10.1. The molecule has 0 amide bonds. The molecule has 0 aliphatic carbocycles. The molecule has 0 saturated carbocycles. The average Bonchev–Trinajstić information content (AvgIpc) is 2.79. The summed E-state index contributed by atoms with van der Waals surface area (Å²) in [5, 5.41) is 13.5. The van der Waals surface area contributed by atoms with E-state index < -0.39 is 0 Å². The Hall–Kier alpha value is -2.12. The van der Waals surface area contributed by atoms with Gasteiger partial charge in [-0.05, 0) is 19.1 Å². The second kappa shape index (κ2) is 4.28. The van der Waals surface area contributed by atoms with E-state index in [2.05, 4.69) is 11.2 Å². The Morgan fingerprint density at radius 2 is 2.11 bits per heavy atom. The number of hydrogen-bond donors (Lipinski definition) is 0. The van der Waals surface area contributed by atoms with Crippen molar-refractivity contribution < 1.29 is 4.74 Å². The first-order valence-electron chi connectivity index (χ1n) is 5.95. The Kier molecular flexibility index (Phi) is 2.62. The van der Waals surface area contributed by atoms with E-state index in [4.69, 9.17) is 10.00 Å². The van der Waals surface area contributed by atoms with Gasteiger partial charge in [0, 0.05) is 12.0 Å². The van der Waals surface area contributed by atoms with E-state index in [0.717, 1.165) is 23.4 Å². The molecule has 1 aromatic carbocycles. The topological polar surface area (TPSA) is 50.8 Å². The summed E-state index contributed by atoms with van der Waals surface area (Å²) in [6.07, 6.45) is 0.768. The van der Waals surface area contributed by atoms with Crippen LogP contribution in [0.25, 0.3) is 5.69 Å². The van der Waals surface area contributed by atoms with Gasteiger partial charge in [-0.15, -0.1) is 0 Å². The molecule has 0 bridgehead atoms. The maximum atomic E-state index is 9.13. The number of nitriles is 1. The van der Waals surface area contributed by atoms with E-state index in [9.17, 15) is 0 Å². The van der Waals surface area contributed by atoms with Gasteiger partial charge < -0.3 is 4.74 Å². The van der Waals surface area contributed by atoms with Crippen LogP contribution in [0.5, 0.6) is 0 Å². The van der Waals surface area contributed by atoms with Crippen LogP contribution in [0.3, 0.4) is 0 Å². The quantitative estimate of drug-likeness (QED) is 0.766. The largest absolute Gasteiger partial charge is 0.375 e. The fourth-order valence-electron chi connectivity index (χ4n) is 2.23. The van der Waals surface area contributed by atoms with Crippen molar-refractivity contribution in [2.45, 2.75) is 20.0 Å². The monoisotopic (exact) mass is 239 g/mol. The second-order valence-electron chi connectivity index (χ2n) is 4.44. The second-order valence-corrected chi connectivity index (χ2v) is 4.44. The number of aryl methyl sites for hydroxylation is 1. The molecule has 90 valence electrons. The third-order valence-corrected chi connectivity index (χ3v) is 3.21. The zero-order valence-electron chi connectivity index (χ0n) is 10.2. The normalized spacial score (nSPS) is 14.0. The van der Waals surface area contributed by atoms with Crippen molar-refractivity contribution in [2.24, 2.45) is 0 Å². The number of ether oxygens (including phenoxy) is 1. The van der Waals surface area contributed by atoms with Crippen LogP contribution < -0.4 is 0 Å². The molecule has 3 rings (SSSR count). The summed E-state index contributed by atoms with van der Waals surface area (Å²) in [5.41, 5.74) is 4.74. The lowest BCUT2D eigenvalue weighted by Gasteiger charge is -2.14. The van der Waals surface area contributed by atoms with Gasteiger partial charge in [0.25, 0.3) is 0 Å². The van der Waals surface area contributed by atoms with Crippen molar-refractivity contribution in [3.05, 3.63) is 46.8 Å². The predicted octanol–water partition coefficient (Wildman–Crippen LogP) is 2.13. The number of hydrogen-bond acceptors (Lipinski definition) is 3. The lowest BCUT2D eigenvalue weighted by Crippen LogP contribution is -2.12. The molecule has 1 aromatic heterocycles. The van der Waals surface area contributed by atoms with Gasteiger partial charge in [-0.1, -0.05) is 17.7 Å². The minimum atomic E-state index is 0.522. The van der Waals surface area contributed by atoms with Gasteiger partial charge >= 0.3 is 0 Å². The van der Waals surface area contributed by atoms with Gasteiger partial charge in [0.15, 0.2) is 5.69 Å². The summed E-state index contributed by atoms with van der Waals surface area (Å²) in [6.45, 7) is 3.24. The molecule has 0 fully saturated rings. The molecule has 1 aliphatic rings. The van der Waals surface area contributed by atoms with E-state index in [1.807, 2.05) is 35.9 Å². The molecule has 0 N–H and O–H groups in total. The van der Waals surface area contributed by atoms with Crippen molar-refractivity contribution in [2.75, 3.05) is 6.61 Å². The maximum absolute atomic E-state index is 9.13. The zero-order chi connectivity index (χ0) is 12.5. The Morgan fingerprint density at radius 3 is 2.83 bits per heavy atom. The van der Waals surface area contributed by atoms with Crippen LogP contribution in [0.4, 0.5) is 0 Å². The first-order valence-corrected chi connectivity index (χ1v) is 5.95. The van der Waals surface area contributed by atoms with E-state index >= 15 is 0 Å². The van der Waals surface area contributed by atoms with Crippen molar-refractivity contribution in [1.82, 2.24) is 9.78 Å². The Balaban J connectivity index is 2.15. The highest BCUT2D eigenvalue weighted by Crippen LogP contribution is 2.23. The van der Waals surface area contributed by atoms with Crippen LogP contribution in [0.2, 0.25) is 0 Å². The first-order chi connectivity index (χ1) is 8.79. The van der Waals surface area contributed by atoms with E-state index in [1.54, 1.807) is 0 Å². The molecule has 2 heterocycles. The highest BCUT2D eigenvalue weighted by atomic mass is 16.5. The third kappa shape index (κ3) is 1.69. The Labute approximate surface area is 105 Å². The van der Waals surface area contributed by atoms with Gasteiger partial charge in [-0.25, -0.2) is 4.68 Å². The highest BCUT2D eigenvalue weighted by Gasteiger charge is 2.21. The SMILES string of the molecule is Cc1ccc(-n2nc(C#N)c3c2COCC3)cc1. The standard InChI is InChI=1S/C14H13N3O/c1-10-2-4-11(5-3-10)17-14-9-18-7-6-12(14)13(8-15)16-17/h2-5H,6-7,9H2,1H3. The average molecular weight is 239 g/mol. The van der Waals surface area contributed by atoms with Crippen molar-refractivity contribution in [3.8, 4) is 11.8 Å². The van der Waals surface area contributed by atoms with E-state index in [1.165, 1.54) is 5.56 Å². The van der Waals surface area contributed by atoms with Crippen LogP contribution in [0.1, 0.15) is 22.5 Å². The van der Waals surface area contributed by atoms with Crippen molar-refractivity contribution >= 4 is 0 Å². The molecule has 18 heavy (non-hydrogen) atoms. The fraction of sp³-hybridized carbons (Fsp3) is 0.286. The smallest absolute Gasteiger partial charge is 0.166 e. The summed E-state index contributed by atoms with van der Waals surface area (Å²) < 4.78 is 7.30. The minimum absolute atomic E-state index is 0.522. The molecule has 1 aliphatic heterocycles. The number of rotatable bonds is 1. The van der Waals surface area contributed by atoms with Crippen molar-refractivity contribution in [3.63, 3.8) is 0 Å². The maximum Gasteiger partial charge on any atom is 0.166 e. The summed E-state index contributed by atoms with van der Waals surface area (Å²) in [7, 11) is 0. The van der Waals surface area contributed by atoms with Crippen LogP contribution in [-0.4, -0.2) is 16.4 Å². The van der Waals surface area contributed by atoms with E-state index in [-0.39, 0.29) is 0 Å². The van der Waals surface area contributed by atoms with Crippen LogP contribution in [0, 0.1) is 18.3 Å². The molecule has 2 aromatic rings. The van der Waals surface area contributed by atoms with Crippen LogP contribution >= 0.6 is 0 Å². The predicted molar refractivity (Wildman–Crippen MR) is 66.4 cm³/mol. The number of fused-ring (bicyclic) bond motifs is 1. The van der Waals surface area contributed by atoms with Crippen LogP contribution in [0.15, 0.2) is 24.3 Å². The van der Waals surface area contributed by atoms with Gasteiger partial charge in [0.1, 0.15) is 6.07 Å². The number of aromatic nitrogens is 2. The summed E-state index contributed by atoms with van der Waals surface area (Å²) >= 11 is 0. The molecule has 0 unspecified atom stereocenters.